The number of anilines is 1. The number of imidazole rings is 1. The number of hydrogen-bond acceptors (Lipinski definition) is 4. The number of para-hydroxylation sites is 2. The molecule has 28 heavy (non-hydrogen) atoms. The number of aromatic nitrogens is 2. The van der Waals surface area contributed by atoms with E-state index in [1.165, 1.54) is 0 Å². The van der Waals surface area contributed by atoms with Crippen molar-refractivity contribution >= 4 is 28.1 Å². The van der Waals surface area contributed by atoms with Crippen molar-refractivity contribution in [3.63, 3.8) is 0 Å². The Kier molecular flexibility index (Phi) is 4.77. The fourth-order valence-electron chi connectivity index (χ4n) is 3.56. The Bertz CT molecular complexity index is 1050. The van der Waals surface area contributed by atoms with E-state index in [1.807, 2.05) is 60.0 Å². The maximum Gasteiger partial charge on any atom is 0.148 e. The largest absolute Gasteiger partial charge is 0.509 e. The van der Waals surface area contributed by atoms with Crippen LogP contribution in [0.4, 0.5) is 5.69 Å². The molecule has 0 amide bonds. The third kappa shape index (κ3) is 3.01. The maximum absolute atomic E-state index is 10.7. The molecule has 3 aromatic rings. The van der Waals surface area contributed by atoms with Crippen LogP contribution < -0.4 is 9.64 Å². The van der Waals surface area contributed by atoms with Gasteiger partial charge in [-0.25, -0.2) is 4.98 Å². The predicted molar refractivity (Wildman–Crippen MR) is 112 cm³/mol. The highest BCUT2D eigenvalue weighted by atomic mass is 16.5. The predicted octanol–water partition coefficient (Wildman–Crippen LogP) is 4.61. The first-order valence-electron chi connectivity index (χ1n) is 9.61. The molecule has 6 heteroatoms. The average Bonchev–Trinajstić information content (AvgIpc) is 3.22. The van der Waals surface area contributed by atoms with E-state index in [1.54, 1.807) is 4.90 Å². The van der Waals surface area contributed by atoms with Crippen LogP contribution in [-0.2, 0) is 6.54 Å². The molecule has 1 aliphatic heterocycles. The number of fused-ring (bicyclic) bond motifs is 1. The van der Waals surface area contributed by atoms with E-state index in [9.17, 15) is 5.11 Å². The first-order valence-corrected chi connectivity index (χ1v) is 9.61. The van der Waals surface area contributed by atoms with E-state index in [0.29, 0.717) is 24.5 Å². The number of benzene rings is 2. The molecule has 1 aliphatic rings. The van der Waals surface area contributed by atoms with Crippen LogP contribution in [0.5, 0.6) is 5.75 Å². The molecule has 0 unspecified atom stereocenters. The summed E-state index contributed by atoms with van der Waals surface area (Å²) in [6, 6.07) is 15.5. The summed E-state index contributed by atoms with van der Waals surface area (Å²) in [5.74, 6) is 1.86. The molecule has 0 saturated carbocycles. The smallest absolute Gasteiger partial charge is 0.148 e. The number of aliphatic hydroxyl groups excluding tert-OH is 1. The molecule has 6 nitrogen and oxygen atoms in total. The van der Waals surface area contributed by atoms with Crippen LogP contribution in [0.1, 0.15) is 26.1 Å². The molecule has 1 aromatic heterocycles. The van der Waals surface area contributed by atoms with Gasteiger partial charge in [-0.15, -0.1) is 0 Å². The first kappa shape index (κ1) is 18.1. The summed E-state index contributed by atoms with van der Waals surface area (Å²) >= 11 is 0. The number of nitrogens with zero attached hydrogens (tertiary/aromatic N) is 3. The zero-order chi connectivity index (χ0) is 19.7. The van der Waals surface area contributed by atoms with Crippen LogP contribution in [-0.4, -0.2) is 33.6 Å². The van der Waals surface area contributed by atoms with E-state index >= 15 is 0 Å². The Balaban J connectivity index is 1.66. The fraction of sp³-hybridized carbons (Fsp3) is 0.273. The normalized spacial score (nSPS) is 14.4. The molecular formula is C22H24N4O2. The van der Waals surface area contributed by atoms with Crippen LogP contribution in [0.25, 0.3) is 16.6 Å². The van der Waals surface area contributed by atoms with Crippen molar-refractivity contribution in [1.29, 1.82) is 5.41 Å². The summed E-state index contributed by atoms with van der Waals surface area (Å²) in [6.45, 7) is 5.76. The second-order valence-corrected chi connectivity index (χ2v) is 6.77. The lowest BCUT2D eigenvalue weighted by atomic mass is 10.2. The molecule has 0 bridgehead atoms. The van der Waals surface area contributed by atoms with Gasteiger partial charge in [0.15, 0.2) is 0 Å². The van der Waals surface area contributed by atoms with E-state index in [-0.39, 0.29) is 18.1 Å². The van der Waals surface area contributed by atoms with Crippen LogP contribution in [0, 0.1) is 5.41 Å². The number of nitrogens with one attached hydrogen (secondary N) is 1. The quantitative estimate of drug-likeness (QED) is 0.659. The molecule has 144 valence electrons. The van der Waals surface area contributed by atoms with Crippen LogP contribution in [0.3, 0.4) is 0 Å². The van der Waals surface area contributed by atoms with E-state index in [4.69, 9.17) is 15.1 Å². The highest BCUT2D eigenvalue weighted by molar-refractivity contribution is 6.30. The van der Waals surface area contributed by atoms with Gasteiger partial charge in [0, 0.05) is 12.2 Å². The zero-order valence-corrected chi connectivity index (χ0v) is 16.1. The lowest BCUT2D eigenvalue weighted by Crippen LogP contribution is -2.26. The fourth-order valence-corrected chi connectivity index (χ4v) is 3.56. The van der Waals surface area contributed by atoms with Gasteiger partial charge in [-0.05, 0) is 49.7 Å². The minimum Gasteiger partial charge on any atom is -0.509 e. The SMILES string of the molecule is CCCOc1ccc(N2CC(O)=C(c3nc4ccccc4n3CC)C2=N)cc1. The van der Waals surface area contributed by atoms with Gasteiger partial charge in [-0.1, -0.05) is 19.1 Å². The minimum atomic E-state index is 0.168. The molecule has 0 spiro atoms. The van der Waals surface area contributed by atoms with Crippen molar-refractivity contribution in [2.24, 2.45) is 0 Å². The molecule has 0 atom stereocenters. The summed E-state index contributed by atoms with van der Waals surface area (Å²) < 4.78 is 7.67. The Hall–Kier alpha value is -3.28. The molecule has 0 fully saturated rings. The molecule has 2 heterocycles. The number of ether oxygens (including phenoxy) is 1. The molecule has 2 aromatic carbocycles. The van der Waals surface area contributed by atoms with Crippen molar-refractivity contribution in [2.75, 3.05) is 18.1 Å². The zero-order valence-electron chi connectivity index (χ0n) is 16.1. The van der Waals surface area contributed by atoms with Crippen LogP contribution in [0.15, 0.2) is 54.3 Å². The second-order valence-electron chi connectivity index (χ2n) is 6.77. The molecule has 4 rings (SSSR count). The third-order valence-corrected chi connectivity index (χ3v) is 4.92. The molecule has 0 radical (unpaired) electrons. The van der Waals surface area contributed by atoms with Crippen LogP contribution >= 0.6 is 0 Å². The van der Waals surface area contributed by atoms with Gasteiger partial charge in [0.2, 0.25) is 0 Å². The summed E-state index contributed by atoms with van der Waals surface area (Å²) in [6.07, 6.45) is 0.956. The van der Waals surface area contributed by atoms with E-state index in [2.05, 4.69) is 6.92 Å². The van der Waals surface area contributed by atoms with Gasteiger partial charge >= 0.3 is 0 Å². The monoisotopic (exact) mass is 376 g/mol. The first-order chi connectivity index (χ1) is 13.6. The molecular weight excluding hydrogens is 352 g/mol. The standard InChI is InChI=1S/C22H24N4O2/c1-3-13-28-16-11-9-15(10-12-16)26-14-19(27)20(21(26)23)22-24-17-7-5-6-8-18(17)25(22)4-2/h5-12,23,27H,3-4,13-14H2,1-2H3. The lowest BCUT2D eigenvalue weighted by Gasteiger charge is -2.19. The van der Waals surface area contributed by atoms with Gasteiger partial charge in [-0.3, -0.25) is 5.41 Å². The minimum absolute atomic E-state index is 0.168. The highest BCUT2D eigenvalue weighted by Crippen LogP contribution is 2.33. The third-order valence-electron chi connectivity index (χ3n) is 4.92. The van der Waals surface area contributed by atoms with Gasteiger partial charge < -0.3 is 19.3 Å². The van der Waals surface area contributed by atoms with Crippen molar-refractivity contribution in [3.05, 3.63) is 60.1 Å². The van der Waals surface area contributed by atoms with Crippen molar-refractivity contribution in [2.45, 2.75) is 26.8 Å². The molecule has 2 N–H and O–H groups in total. The Morgan fingerprint density at radius 2 is 1.86 bits per heavy atom. The number of rotatable bonds is 6. The van der Waals surface area contributed by atoms with Gasteiger partial charge in [0.25, 0.3) is 0 Å². The summed E-state index contributed by atoms with van der Waals surface area (Å²) in [7, 11) is 0. The van der Waals surface area contributed by atoms with Crippen molar-refractivity contribution in [1.82, 2.24) is 9.55 Å². The number of amidine groups is 1. The van der Waals surface area contributed by atoms with Crippen LogP contribution in [0.2, 0.25) is 0 Å². The average molecular weight is 376 g/mol. The summed E-state index contributed by atoms with van der Waals surface area (Å²) in [5, 5.41) is 19.4. The highest BCUT2D eigenvalue weighted by Gasteiger charge is 2.32. The van der Waals surface area contributed by atoms with Gasteiger partial charge in [-0.2, -0.15) is 0 Å². The van der Waals surface area contributed by atoms with Crippen molar-refractivity contribution in [3.8, 4) is 5.75 Å². The maximum atomic E-state index is 10.7. The Labute approximate surface area is 164 Å². The summed E-state index contributed by atoms with van der Waals surface area (Å²) in [4.78, 5) is 6.49. The topological polar surface area (TPSA) is 74.4 Å². The van der Waals surface area contributed by atoms with Crippen molar-refractivity contribution < 1.29 is 9.84 Å². The number of aryl methyl sites for hydroxylation is 1. The molecule has 0 saturated heterocycles. The second kappa shape index (κ2) is 7.38. The Morgan fingerprint density at radius 1 is 1.11 bits per heavy atom. The number of hydrogen-bond donors (Lipinski definition) is 2. The van der Waals surface area contributed by atoms with Gasteiger partial charge in [0.05, 0.1) is 29.8 Å². The van der Waals surface area contributed by atoms with E-state index < -0.39 is 0 Å². The lowest BCUT2D eigenvalue weighted by molar-refractivity contribution is 0.317. The van der Waals surface area contributed by atoms with E-state index in [0.717, 1.165) is 28.9 Å². The Morgan fingerprint density at radius 3 is 2.57 bits per heavy atom. The van der Waals surface area contributed by atoms with Gasteiger partial charge in [0.1, 0.15) is 23.2 Å². The molecule has 0 aliphatic carbocycles. The summed E-state index contributed by atoms with van der Waals surface area (Å²) in [5.41, 5.74) is 3.20. The number of aliphatic hydroxyl groups is 1.